The second-order valence-corrected chi connectivity index (χ2v) is 7.63. The summed E-state index contributed by atoms with van der Waals surface area (Å²) in [5, 5.41) is 16.7. The molecular weight excluding hydrogens is 370 g/mol. The van der Waals surface area contributed by atoms with Crippen molar-refractivity contribution in [1.29, 1.82) is 0 Å². The second kappa shape index (κ2) is 8.08. The highest BCUT2D eigenvalue weighted by Gasteiger charge is 2.28. The minimum atomic E-state index is -0.202. The number of amides is 2. The molecule has 2 amide bonds. The number of aliphatic hydroxyl groups excluding tert-OH is 1. The predicted octanol–water partition coefficient (Wildman–Crippen LogP) is 2.17. The van der Waals surface area contributed by atoms with Gasteiger partial charge in [-0.25, -0.2) is 14.3 Å². The van der Waals surface area contributed by atoms with Crippen LogP contribution in [-0.4, -0.2) is 49.4 Å². The van der Waals surface area contributed by atoms with Crippen LogP contribution < -0.4 is 11.0 Å². The molecule has 0 bridgehead atoms. The first-order valence-electron chi connectivity index (χ1n) is 9.87. The zero-order valence-corrected chi connectivity index (χ0v) is 16.4. The number of anilines is 1. The molecule has 1 aliphatic heterocycles. The topological polar surface area (TPSA) is 91.9 Å². The fourth-order valence-electron chi connectivity index (χ4n) is 3.80. The number of likely N-dealkylation sites (tertiary alicyclic amines) is 1. The third-order valence-electron chi connectivity index (χ3n) is 5.50. The number of carbonyl (C=O) groups is 1. The summed E-state index contributed by atoms with van der Waals surface area (Å²) in [5.74, 6) is 0.130. The molecule has 0 saturated carbocycles. The zero-order valence-electron chi connectivity index (χ0n) is 16.4. The van der Waals surface area contributed by atoms with E-state index in [1.165, 1.54) is 9.08 Å². The van der Waals surface area contributed by atoms with Crippen LogP contribution in [0.5, 0.6) is 0 Å². The first-order valence-corrected chi connectivity index (χ1v) is 9.87. The van der Waals surface area contributed by atoms with Gasteiger partial charge in [0.2, 0.25) is 0 Å². The minimum Gasteiger partial charge on any atom is -0.396 e. The van der Waals surface area contributed by atoms with Gasteiger partial charge in [0.15, 0.2) is 5.65 Å². The third kappa shape index (κ3) is 4.02. The fourth-order valence-corrected chi connectivity index (χ4v) is 3.80. The average molecular weight is 395 g/mol. The number of piperidine rings is 1. The van der Waals surface area contributed by atoms with Crippen molar-refractivity contribution in [3.05, 3.63) is 64.7 Å². The molecule has 3 heterocycles. The molecule has 1 fully saturated rings. The van der Waals surface area contributed by atoms with E-state index in [0.29, 0.717) is 24.4 Å². The second-order valence-electron chi connectivity index (χ2n) is 7.63. The highest BCUT2D eigenvalue weighted by atomic mass is 16.3. The van der Waals surface area contributed by atoms with Crippen LogP contribution in [0.4, 0.5) is 10.5 Å². The molecule has 1 aliphatic rings. The lowest BCUT2D eigenvalue weighted by molar-refractivity contribution is 0.107. The van der Waals surface area contributed by atoms with Crippen molar-refractivity contribution in [3.8, 4) is 0 Å². The van der Waals surface area contributed by atoms with Crippen LogP contribution >= 0.6 is 0 Å². The molecular formula is C21H25N5O3. The Morgan fingerprint density at radius 3 is 2.90 bits per heavy atom. The summed E-state index contributed by atoms with van der Waals surface area (Å²) >= 11 is 0. The number of aliphatic hydroxyl groups is 1. The van der Waals surface area contributed by atoms with Crippen molar-refractivity contribution in [1.82, 2.24) is 19.1 Å². The Balaban J connectivity index is 1.49. The van der Waals surface area contributed by atoms with Crippen LogP contribution in [0.2, 0.25) is 0 Å². The number of pyridine rings is 1. The van der Waals surface area contributed by atoms with Crippen molar-refractivity contribution in [2.24, 2.45) is 5.92 Å². The Morgan fingerprint density at radius 2 is 2.10 bits per heavy atom. The van der Waals surface area contributed by atoms with E-state index in [1.54, 1.807) is 23.2 Å². The van der Waals surface area contributed by atoms with Gasteiger partial charge >= 0.3 is 11.7 Å². The summed E-state index contributed by atoms with van der Waals surface area (Å²) in [6.45, 7) is 3.00. The molecule has 2 N–H and O–H groups in total. The maximum Gasteiger partial charge on any atom is 0.350 e. The lowest BCUT2D eigenvalue weighted by Crippen LogP contribution is -2.48. The van der Waals surface area contributed by atoms with Gasteiger partial charge in [0.1, 0.15) is 0 Å². The minimum absolute atomic E-state index is 0.0970. The van der Waals surface area contributed by atoms with Gasteiger partial charge in [0, 0.05) is 31.1 Å². The van der Waals surface area contributed by atoms with Gasteiger partial charge in [-0.05, 0) is 55.5 Å². The van der Waals surface area contributed by atoms with E-state index in [0.717, 1.165) is 18.4 Å². The molecule has 4 rings (SSSR count). The molecule has 8 heteroatoms. The Hall–Kier alpha value is -3.13. The molecule has 2 unspecified atom stereocenters. The van der Waals surface area contributed by atoms with Crippen molar-refractivity contribution in [2.75, 3.05) is 18.5 Å². The van der Waals surface area contributed by atoms with Crippen LogP contribution in [0.25, 0.3) is 5.65 Å². The summed E-state index contributed by atoms with van der Waals surface area (Å²) in [6.07, 6.45) is 3.51. The molecule has 2 atom stereocenters. The number of fused-ring (bicyclic) bond motifs is 1. The Labute approximate surface area is 168 Å². The number of nitrogens with one attached hydrogen (secondary N) is 1. The van der Waals surface area contributed by atoms with Gasteiger partial charge in [-0.15, -0.1) is 5.10 Å². The van der Waals surface area contributed by atoms with Gasteiger partial charge in [-0.2, -0.15) is 0 Å². The largest absolute Gasteiger partial charge is 0.396 e. The van der Waals surface area contributed by atoms with Crippen LogP contribution in [0, 0.1) is 5.92 Å². The van der Waals surface area contributed by atoms with E-state index in [9.17, 15) is 14.7 Å². The third-order valence-corrected chi connectivity index (χ3v) is 5.50. The van der Waals surface area contributed by atoms with E-state index >= 15 is 0 Å². The maximum atomic E-state index is 12.7. The SMILES string of the molecule is CC1CCC(CO)CN1C(=O)Nc1cccc(Cn2nc3ccccn3c2=O)c1. The van der Waals surface area contributed by atoms with Crippen LogP contribution in [0.1, 0.15) is 25.3 Å². The van der Waals surface area contributed by atoms with Gasteiger partial charge in [-0.1, -0.05) is 18.2 Å². The number of nitrogens with zero attached hydrogens (tertiary/aromatic N) is 4. The molecule has 8 nitrogen and oxygen atoms in total. The number of aromatic nitrogens is 3. The summed E-state index contributed by atoms with van der Waals surface area (Å²) in [5.41, 5.74) is 1.93. The molecule has 0 spiro atoms. The van der Waals surface area contributed by atoms with Crippen molar-refractivity contribution < 1.29 is 9.90 Å². The molecule has 0 radical (unpaired) electrons. The summed E-state index contributed by atoms with van der Waals surface area (Å²) < 4.78 is 2.91. The average Bonchev–Trinajstić information content (AvgIpc) is 3.04. The zero-order chi connectivity index (χ0) is 20.4. The lowest BCUT2D eigenvalue weighted by atomic mass is 9.94. The Kier molecular flexibility index (Phi) is 5.35. The smallest absolute Gasteiger partial charge is 0.350 e. The molecule has 152 valence electrons. The van der Waals surface area contributed by atoms with Crippen molar-refractivity contribution >= 4 is 17.4 Å². The highest BCUT2D eigenvalue weighted by Crippen LogP contribution is 2.22. The normalized spacial score (nSPS) is 19.4. The Morgan fingerprint density at radius 1 is 1.24 bits per heavy atom. The molecule has 3 aromatic rings. The Bertz CT molecular complexity index is 1070. The maximum absolute atomic E-state index is 12.7. The number of carbonyl (C=O) groups excluding carboxylic acids is 1. The van der Waals surface area contributed by atoms with Gasteiger partial charge in [-0.3, -0.25) is 4.40 Å². The molecule has 1 aromatic carbocycles. The number of benzene rings is 1. The molecule has 1 saturated heterocycles. The molecule has 2 aromatic heterocycles. The van der Waals surface area contributed by atoms with E-state index in [-0.39, 0.29) is 30.3 Å². The quantitative estimate of drug-likeness (QED) is 0.708. The predicted molar refractivity (Wildman–Crippen MR) is 110 cm³/mol. The summed E-state index contributed by atoms with van der Waals surface area (Å²) in [7, 11) is 0. The monoisotopic (exact) mass is 395 g/mol. The van der Waals surface area contributed by atoms with Crippen molar-refractivity contribution in [3.63, 3.8) is 0 Å². The number of rotatable bonds is 4. The number of urea groups is 1. The van der Waals surface area contributed by atoms with E-state index in [1.807, 2.05) is 37.3 Å². The van der Waals surface area contributed by atoms with Gasteiger partial charge in [0.05, 0.1) is 6.54 Å². The van der Waals surface area contributed by atoms with Gasteiger partial charge in [0.25, 0.3) is 0 Å². The first kappa shape index (κ1) is 19.2. The van der Waals surface area contributed by atoms with Crippen LogP contribution in [-0.2, 0) is 6.54 Å². The van der Waals surface area contributed by atoms with Crippen LogP contribution in [0.15, 0.2) is 53.5 Å². The van der Waals surface area contributed by atoms with Crippen molar-refractivity contribution in [2.45, 2.75) is 32.4 Å². The van der Waals surface area contributed by atoms with E-state index < -0.39 is 0 Å². The first-order chi connectivity index (χ1) is 14.0. The number of hydrogen-bond acceptors (Lipinski definition) is 4. The lowest BCUT2D eigenvalue weighted by Gasteiger charge is -2.37. The standard InChI is InChI=1S/C21H25N5O3/c1-15-8-9-17(14-27)12-25(15)20(28)22-18-6-4-5-16(11-18)13-26-21(29)24-10-3-2-7-19(24)23-26/h2-7,10-11,15,17,27H,8-9,12-14H2,1H3,(H,22,28). The summed E-state index contributed by atoms with van der Waals surface area (Å²) in [4.78, 5) is 27.0. The number of hydrogen-bond donors (Lipinski definition) is 2. The van der Waals surface area contributed by atoms with E-state index in [2.05, 4.69) is 10.4 Å². The van der Waals surface area contributed by atoms with E-state index in [4.69, 9.17) is 0 Å². The van der Waals surface area contributed by atoms with Gasteiger partial charge < -0.3 is 15.3 Å². The molecule has 0 aliphatic carbocycles. The van der Waals surface area contributed by atoms with Crippen LogP contribution in [0.3, 0.4) is 0 Å². The highest BCUT2D eigenvalue weighted by molar-refractivity contribution is 5.89. The summed E-state index contributed by atoms with van der Waals surface area (Å²) in [6, 6.07) is 12.8. The molecule has 29 heavy (non-hydrogen) atoms. The fraction of sp³-hybridized carbons (Fsp3) is 0.381.